The van der Waals surface area contributed by atoms with E-state index in [9.17, 15) is 9.59 Å². The number of carbonyl (C=O) groups is 2. The van der Waals surface area contributed by atoms with E-state index in [-0.39, 0.29) is 0 Å². The molecule has 1 aromatic heterocycles. The number of thiazole rings is 1. The highest BCUT2D eigenvalue weighted by Crippen LogP contribution is 2.40. The maximum Gasteiger partial charge on any atom is 0.336 e. The van der Waals surface area contributed by atoms with Crippen LogP contribution in [0.3, 0.4) is 0 Å². The van der Waals surface area contributed by atoms with E-state index in [1.165, 1.54) is 25.6 Å². The summed E-state index contributed by atoms with van der Waals surface area (Å²) in [5.74, 6) is -0.858. The van der Waals surface area contributed by atoms with Gasteiger partial charge in [0.05, 0.1) is 43.6 Å². The number of rotatable bonds is 8. The fourth-order valence-electron chi connectivity index (χ4n) is 4.36. The van der Waals surface area contributed by atoms with Gasteiger partial charge in [0.15, 0.2) is 5.13 Å². The molecule has 2 heterocycles. The second-order valence-corrected chi connectivity index (χ2v) is 9.22. The van der Waals surface area contributed by atoms with Crippen molar-refractivity contribution in [2.75, 3.05) is 26.1 Å². The molecule has 37 heavy (non-hydrogen) atoms. The van der Waals surface area contributed by atoms with Crippen molar-refractivity contribution in [3.63, 3.8) is 0 Å². The largest absolute Gasteiger partial charge is 0.494 e. The van der Waals surface area contributed by atoms with E-state index in [1.54, 1.807) is 13.8 Å². The molecule has 9 heteroatoms. The van der Waals surface area contributed by atoms with Crippen LogP contribution in [0.5, 0.6) is 5.75 Å². The van der Waals surface area contributed by atoms with E-state index in [4.69, 9.17) is 19.2 Å². The molecule has 192 valence electrons. The van der Waals surface area contributed by atoms with Crippen LogP contribution in [0, 0.1) is 0 Å². The maximum absolute atomic E-state index is 12.8. The third kappa shape index (κ3) is 5.51. The molecule has 0 spiro atoms. The Morgan fingerprint density at radius 3 is 2.24 bits per heavy atom. The lowest BCUT2D eigenvalue weighted by Crippen LogP contribution is -2.32. The van der Waals surface area contributed by atoms with Gasteiger partial charge in [-0.15, -0.1) is 11.3 Å². The number of nitrogens with zero attached hydrogens (tertiary/aromatic N) is 1. The van der Waals surface area contributed by atoms with Crippen LogP contribution in [0.4, 0.5) is 10.8 Å². The first kappa shape index (κ1) is 26.0. The van der Waals surface area contributed by atoms with Gasteiger partial charge in [0, 0.05) is 28.0 Å². The van der Waals surface area contributed by atoms with Crippen LogP contribution in [0.25, 0.3) is 11.3 Å². The number of benzene rings is 2. The van der Waals surface area contributed by atoms with Crippen LogP contribution in [-0.2, 0) is 19.1 Å². The third-order valence-corrected chi connectivity index (χ3v) is 6.77. The molecular weight excluding hydrogens is 490 g/mol. The van der Waals surface area contributed by atoms with Gasteiger partial charge in [0.1, 0.15) is 5.75 Å². The zero-order chi connectivity index (χ0) is 26.5. The Bertz CT molecular complexity index is 1340. The standard InChI is InChI=1S/C28H29N3O5S/c1-6-36-21-12-10-18(11-13-21)22-15-37-28(31-22)30-20-9-7-8-19(14-20)25-23(26(32)34-4)16(2)29-17(3)24(25)27(33)35-5/h7-15,25,29H,6H2,1-5H3,(H,30,31). The molecule has 0 saturated heterocycles. The molecule has 0 atom stereocenters. The van der Waals surface area contributed by atoms with Crippen molar-refractivity contribution in [1.29, 1.82) is 0 Å². The zero-order valence-corrected chi connectivity index (χ0v) is 22.2. The van der Waals surface area contributed by atoms with Crippen molar-refractivity contribution in [2.45, 2.75) is 26.7 Å². The van der Waals surface area contributed by atoms with Gasteiger partial charge in [-0.05, 0) is 62.7 Å². The summed E-state index contributed by atoms with van der Waals surface area (Å²) in [5, 5.41) is 9.16. The number of aromatic nitrogens is 1. The minimum Gasteiger partial charge on any atom is -0.494 e. The van der Waals surface area contributed by atoms with Crippen molar-refractivity contribution in [1.82, 2.24) is 10.3 Å². The summed E-state index contributed by atoms with van der Waals surface area (Å²) < 4.78 is 15.6. The van der Waals surface area contributed by atoms with Crippen molar-refractivity contribution in [3.05, 3.63) is 82.0 Å². The number of nitrogens with one attached hydrogen (secondary N) is 2. The topological polar surface area (TPSA) is 98.8 Å². The first-order valence-electron chi connectivity index (χ1n) is 11.8. The lowest BCUT2D eigenvalue weighted by Gasteiger charge is -2.30. The predicted molar refractivity (Wildman–Crippen MR) is 144 cm³/mol. The number of hydrogen-bond donors (Lipinski definition) is 2. The molecule has 0 saturated carbocycles. The number of ether oxygens (including phenoxy) is 3. The SMILES string of the molecule is CCOc1ccc(-c2csc(Nc3cccc(C4C(C(=O)OC)=C(C)NC(C)=C4C(=O)OC)c3)n2)cc1. The van der Waals surface area contributed by atoms with E-state index >= 15 is 0 Å². The highest BCUT2D eigenvalue weighted by atomic mass is 32.1. The molecule has 1 aliphatic rings. The molecule has 0 unspecified atom stereocenters. The zero-order valence-electron chi connectivity index (χ0n) is 21.4. The number of methoxy groups -OCH3 is 2. The highest BCUT2D eigenvalue weighted by molar-refractivity contribution is 7.14. The average molecular weight is 520 g/mol. The van der Waals surface area contributed by atoms with Crippen LogP contribution < -0.4 is 15.4 Å². The Balaban J connectivity index is 1.65. The number of allylic oxidation sites excluding steroid dienone is 2. The molecule has 0 bridgehead atoms. The summed E-state index contributed by atoms with van der Waals surface area (Å²) in [4.78, 5) is 30.3. The van der Waals surface area contributed by atoms with Gasteiger partial charge >= 0.3 is 11.9 Å². The van der Waals surface area contributed by atoms with Crippen LogP contribution in [0.15, 0.2) is 76.5 Å². The predicted octanol–water partition coefficient (Wildman–Crippen LogP) is 5.53. The Labute approximate surface area is 220 Å². The highest BCUT2D eigenvalue weighted by Gasteiger charge is 2.37. The summed E-state index contributed by atoms with van der Waals surface area (Å²) in [6, 6.07) is 15.4. The van der Waals surface area contributed by atoms with Gasteiger partial charge in [-0.25, -0.2) is 14.6 Å². The summed E-state index contributed by atoms with van der Waals surface area (Å²) in [6.07, 6.45) is 0. The Morgan fingerprint density at radius 2 is 1.65 bits per heavy atom. The molecule has 0 radical (unpaired) electrons. The summed E-state index contributed by atoms with van der Waals surface area (Å²) >= 11 is 1.48. The number of hydrogen-bond acceptors (Lipinski definition) is 9. The number of esters is 2. The van der Waals surface area contributed by atoms with Crippen molar-refractivity contribution < 1.29 is 23.8 Å². The van der Waals surface area contributed by atoms with E-state index < -0.39 is 17.9 Å². The summed E-state index contributed by atoms with van der Waals surface area (Å²) in [7, 11) is 2.65. The molecule has 0 amide bonds. The minimum atomic E-state index is -0.654. The van der Waals surface area contributed by atoms with Crippen LogP contribution in [0.2, 0.25) is 0 Å². The first-order chi connectivity index (χ1) is 17.9. The van der Waals surface area contributed by atoms with E-state index in [1.807, 2.05) is 60.8 Å². The van der Waals surface area contributed by atoms with Gasteiger partial charge in [-0.3, -0.25) is 0 Å². The molecule has 2 aromatic carbocycles. The molecule has 8 nitrogen and oxygen atoms in total. The number of carbonyl (C=O) groups excluding carboxylic acids is 2. The lowest BCUT2D eigenvalue weighted by atomic mass is 9.80. The molecule has 2 N–H and O–H groups in total. The molecule has 0 aliphatic carbocycles. The minimum absolute atomic E-state index is 0.359. The average Bonchev–Trinajstić information content (AvgIpc) is 3.36. The quantitative estimate of drug-likeness (QED) is 0.375. The van der Waals surface area contributed by atoms with Crippen molar-refractivity contribution >= 4 is 34.1 Å². The van der Waals surface area contributed by atoms with Gasteiger partial charge in [0.2, 0.25) is 0 Å². The smallest absolute Gasteiger partial charge is 0.336 e. The molecule has 0 fully saturated rings. The monoisotopic (exact) mass is 519 g/mol. The van der Waals surface area contributed by atoms with Crippen LogP contribution in [0.1, 0.15) is 32.3 Å². The van der Waals surface area contributed by atoms with Gasteiger partial charge in [-0.2, -0.15) is 0 Å². The van der Waals surface area contributed by atoms with E-state index in [0.717, 1.165) is 28.3 Å². The number of anilines is 2. The Kier molecular flexibility index (Phi) is 7.93. The Hall–Kier alpha value is -4.11. The van der Waals surface area contributed by atoms with Crippen LogP contribution in [-0.4, -0.2) is 37.7 Å². The van der Waals surface area contributed by atoms with Crippen LogP contribution >= 0.6 is 11.3 Å². The number of dihydropyridines is 1. The molecule has 3 aromatic rings. The van der Waals surface area contributed by atoms with E-state index in [2.05, 4.69) is 10.6 Å². The van der Waals surface area contributed by atoms with E-state index in [0.29, 0.717) is 34.3 Å². The fourth-order valence-corrected chi connectivity index (χ4v) is 5.10. The molecule has 4 rings (SSSR count). The van der Waals surface area contributed by atoms with Crippen molar-refractivity contribution in [3.8, 4) is 17.0 Å². The third-order valence-electron chi connectivity index (χ3n) is 6.01. The second kappa shape index (κ2) is 11.3. The molecular formula is C28H29N3O5S. The van der Waals surface area contributed by atoms with Crippen molar-refractivity contribution in [2.24, 2.45) is 0 Å². The fraction of sp³-hybridized carbons (Fsp3) is 0.250. The molecule has 1 aliphatic heterocycles. The van der Waals surface area contributed by atoms with Gasteiger partial charge < -0.3 is 24.8 Å². The normalized spacial score (nSPS) is 13.8. The van der Waals surface area contributed by atoms with Gasteiger partial charge in [0.25, 0.3) is 0 Å². The second-order valence-electron chi connectivity index (χ2n) is 8.36. The summed E-state index contributed by atoms with van der Waals surface area (Å²) in [6.45, 7) is 6.15. The Morgan fingerprint density at radius 1 is 1.00 bits per heavy atom. The lowest BCUT2D eigenvalue weighted by molar-refractivity contribution is -0.137. The van der Waals surface area contributed by atoms with Gasteiger partial charge in [-0.1, -0.05) is 12.1 Å². The summed E-state index contributed by atoms with van der Waals surface area (Å²) in [5.41, 5.74) is 5.32. The first-order valence-corrected chi connectivity index (χ1v) is 12.6. The maximum atomic E-state index is 12.8.